The first-order chi connectivity index (χ1) is 26.4. The van der Waals surface area contributed by atoms with Crippen LogP contribution in [-0.4, -0.2) is 98.3 Å². The second kappa shape index (κ2) is 32.3. The normalized spacial score (nSPS) is 23.3. The van der Waals surface area contributed by atoms with Crippen LogP contribution in [-0.2, 0) is 32.7 Å². The van der Waals surface area contributed by atoms with Gasteiger partial charge in [0.15, 0.2) is 6.10 Å². The fourth-order valence-electron chi connectivity index (χ4n) is 6.32. The summed E-state index contributed by atoms with van der Waals surface area (Å²) in [5.74, 6) is -1.13. The van der Waals surface area contributed by atoms with Gasteiger partial charge in [-0.25, -0.2) is 4.57 Å². The number of carbonyl (C=O) groups excluding carboxylic acids is 2. The van der Waals surface area contributed by atoms with E-state index in [-0.39, 0.29) is 12.8 Å². The van der Waals surface area contributed by atoms with E-state index in [2.05, 4.69) is 31.2 Å². The van der Waals surface area contributed by atoms with Crippen LogP contribution in [0.15, 0.2) is 24.3 Å². The van der Waals surface area contributed by atoms with Crippen molar-refractivity contribution in [2.75, 3.05) is 13.2 Å². The zero-order valence-corrected chi connectivity index (χ0v) is 34.6. The van der Waals surface area contributed by atoms with Gasteiger partial charge in [0.05, 0.1) is 6.61 Å². The molecule has 1 saturated carbocycles. The number of hydrogen-bond acceptors (Lipinski definition) is 12. The highest BCUT2D eigenvalue weighted by atomic mass is 31.2. The van der Waals surface area contributed by atoms with E-state index in [9.17, 15) is 44.6 Å². The fraction of sp³-hybridized carbons (Fsp3) is 0.854. The molecular formula is C41H75O13P. The average molecular weight is 807 g/mol. The number of allylic oxidation sites excluding steroid dienone is 4. The van der Waals surface area contributed by atoms with E-state index < -0.39 is 75.7 Å². The van der Waals surface area contributed by atoms with Crippen molar-refractivity contribution in [2.45, 2.75) is 211 Å². The van der Waals surface area contributed by atoms with Crippen molar-refractivity contribution in [3.8, 4) is 0 Å². The van der Waals surface area contributed by atoms with Gasteiger partial charge in [0.2, 0.25) is 0 Å². The van der Waals surface area contributed by atoms with Crippen molar-refractivity contribution in [1.29, 1.82) is 0 Å². The van der Waals surface area contributed by atoms with E-state index in [1.165, 1.54) is 77.0 Å². The molecule has 6 N–H and O–H groups in total. The van der Waals surface area contributed by atoms with Crippen LogP contribution >= 0.6 is 7.82 Å². The molecule has 0 aromatic carbocycles. The highest BCUT2D eigenvalue weighted by Gasteiger charge is 2.51. The minimum absolute atomic E-state index is 0.0951. The lowest BCUT2D eigenvalue weighted by Crippen LogP contribution is -2.64. The molecule has 0 amide bonds. The third-order valence-corrected chi connectivity index (χ3v) is 10.8. The number of unbranched alkanes of at least 4 members (excludes halogenated alkanes) is 18. The number of aliphatic hydroxyl groups excluding tert-OH is 5. The molecule has 0 heterocycles. The molecule has 6 unspecified atom stereocenters. The Morgan fingerprint density at radius 2 is 0.982 bits per heavy atom. The molecule has 0 saturated heterocycles. The Morgan fingerprint density at radius 1 is 0.564 bits per heavy atom. The first-order valence-electron chi connectivity index (χ1n) is 21.1. The number of aliphatic hydroxyl groups is 5. The monoisotopic (exact) mass is 806 g/mol. The van der Waals surface area contributed by atoms with E-state index in [0.717, 1.165) is 51.4 Å². The maximum Gasteiger partial charge on any atom is 0.472 e. The molecule has 13 nitrogen and oxygen atoms in total. The Hall–Kier alpha value is -1.67. The minimum atomic E-state index is -5.10. The zero-order chi connectivity index (χ0) is 40.7. The van der Waals surface area contributed by atoms with Crippen LogP contribution < -0.4 is 0 Å². The topological polar surface area (TPSA) is 210 Å². The average Bonchev–Trinajstić information content (AvgIpc) is 3.16. The molecule has 0 aromatic heterocycles. The quantitative estimate of drug-likeness (QED) is 0.0164. The number of phosphoric ester groups is 1. The highest BCUT2D eigenvalue weighted by Crippen LogP contribution is 2.47. The van der Waals surface area contributed by atoms with Crippen LogP contribution in [0, 0.1) is 0 Å². The maximum absolute atomic E-state index is 12.7. The second-order valence-electron chi connectivity index (χ2n) is 14.8. The molecule has 55 heavy (non-hydrogen) atoms. The number of phosphoric acid groups is 1. The van der Waals surface area contributed by atoms with Crippen LogP contribution in [0.2, 0.25) is 0 Å². The first kappa shape index (κ1) is 51.3. The van der Waals surface area contributed by atoms with Gasteiger partial charge in [0.1, 0.15) is 43.2 Å². The fourth-order valence-corrected chi connectivity index (χ4v) is 7.29. The Balaban J connectivity index is 2.27. The number of rotatable bonds is 34. The van der Waals surface area contributed by atoms with Gasteiger partial charge in [-0.2, -0.15) is 0 Å². The smallest absolute Gasteiger partial charge is 0.462 e. The molecule has 14 heteroatoms. The second-order valence-corrected chi connectivity index (χ2v) is 16.3. The molecular weight excluding hydrogens is 731 g/mol. The standard InChI is InChI=1S/C41H75O13P/c1-3-5-7-8-9-10-11-12-13-14-15-16-17-18-19-20-21-22-23-24-25-26-28-30-35(43)53-33(31-51-34(42)29-27-6-4-2)32-52-55(49,50)54-41-39(47)37(45)36(44)38(46)40(41)48/h11-12,14-15,33,36-41,44-48H,3-10,13,16-32H2,1-2H3,(H,49,50)/b12-11-,15-14-. The van der Waals surface area contributed by atoms with Gasteiger partial charge in [-0.1, -0.05) is 134 Å². The first-order valence-corrected chi connectivity index (χ1v) is 22.6. The Kier molecular flexibility index (Phi) is 30.2. The molecule has 1 aliphatic carbocycles. The number of hydrogen-bond donors (Lipinski definition) is 6. The molecule has 0 aliphatic heterocycles. The van der Waals surface area contributed by atoms with Gasteiger partial charge in [-0.05, 0) is 44.9 Å². The third kappa shape index (κ3) is 25.3. The van der Waals surface area contributed by atoms with Crippen LogP contribution in [0.4, 0.5) is 0 Å². The van der Waals surface area contributed by atoms with Gasteiger partial charge in [0, 0.05) is 12.8 Å². The van der Waals surface area contributed by atoms with Gasteiger partial charge < -0.3 is 39.9 Å². The minimum Gasteiger partial charge on any atom is -0.462 e. The predicted molar refractivity (Wildman–Crippen MR) is 212 cm³/mol. The van der Waals surface area contributed by atoms with E-state index in [0.29, 0.717) is 12.8 Å². The Labute approximate surface area is 330 Å². The molecule has 322 valence electrons. The number of ether oxygens (including phenoxy) is 2. The third-order valence-electron chi connectivity index (χ3n) is 9.80. The highest BCUT2D eigenvalue weighted by molar-refractivity contribution is 7.47. The predicted octanol–water partition coefficient (Wildman–Crippen LogP) is 7.28. The molecule has 0 spiro atoms. The van der Waals surface area contributed by atoms with Gasteiger partial charge >= 0.3 is 19.8 Å². The van der Waals surface area contributed by atoms with Crippen molar-refractivity contribution in [3.63, 3.8) is 0 Å². The van der Waals surface area contributed by atoms with Crippen LogP contribution in [0.25, 0.3) is 0 Å². The summed E-state index contributed by atoms with van der Waals surface area (Å²) < 4.78 is 33.0. The summed E-state index contributed by atoms with van der Waals surface area (Å²) in [5, 5.41) is 49.8. The lowest BCUT2D eigenvalue weighted by molar-refractivity contribution is -0.220. The van der Waals surface area contributed by atoms with Crippen molar-refractivity contribution in [3.05, 3.63) is 24.3 Å². The summed E-state index contributed by atoms with van der Waals surface area (Å²) >= 11 is 0. The van der Waals surface area contributed by atoms with Gasteiger partial charge in [-0.3, -0.25) is 18.6 Å². The van der Waals surface area contributed by atoms with E-state index >= 15 is 0 Å². The lowest BCUT2D eigenvalue weighted by Gasteiger charge is -2.41. The summed E-state index contributed by atoms with van der Waals surface area (Å²) in [6.07, 6.45) is 20.8. The molecule has 1 rings (SSSR count). The van der Waals surface area contributed by atoms with Crippen LogP contribution in [0.1, 0.15) is 168 Å². The summed E-state index contributed by atoms with van der Waals surface area (Å²) in [5.41, 5.74) is 0. The van der Waals surface area contributed by atoms with Crippen LogP contribution in [0.5, 0.6) is 0 Å². The molecule has 0 bridgehead atoms. The molecule has 1 aliphatic rings. The van der Waals surface area contributed by atoms with E-state index in [4.69, 9.17) is 18.5 Å². The van der Waals surface area contributed by atoms with Crippen molar-refractivity contribution in [1.82, 2.24) is 0 Å². The Morgan fingerprint density at radius 3 is 1.51 bits per heavy atom. The summed E-state index contributed by atoms with van der Waals surface area (Å²) in [4.78, 5) is 35.0. The Bertz CT molecular complexity index is 1070. The molecule has 1 fully saturated rings. The maximum atomic E-state index is 12.7. The van der Waals surface area contributed by atoms with Gasteiger partial charge in [0.25, 0.3) is 0 Å². The lowest BCUT2D eigenvalue weighted by atomic mass is 9.85. The van der Waals surface area contributed by atoms with Crippen molar-refractivity contribution < 1.29 is 63.1 Å². The van der Waals surface area contributed by atoms with Crippen molar-refractivity contribution >= 4 is 19.8 Å². The molecule has 0 radical (unpaired) electrons. The summed E-state index contributed by atoms with van der Waals surface area (Å²) in [7, 11) is -5.10. The number of esters is 2. The zero-order valence-electron chi connectivity index (χ0n) is 33.7. The van der Waals surface area contributed by atoms with E-state index in [1.54, 1.807) is 0 Å². The van der Waals surface area contributed by atoms with E-state index in [1.807, 2.05) is 6.92 Å². The van der Waals surface area contributed by atoms with Crippen molar-refractivity contribution in [2.24, 2.45) is 0 Å². The van der Waals surface area contributed by atoms with Gasteiger partial charge in [-0.15, -0.1) is 0 Å². The number of carbonyl (C=O) groups is 2. The largest absolute Gasteiger partial charge is 0.472 e. The SMILES string of the molecule is CCCCCCC/C=C\C/C=C\CCCCCCCCCCCCCC(=O)OC(COC(=O)CCCCC)COP(=O)(O)OC1C(O)C(O)C(O)C(O)C1O. The van der Waals surface area contributed by atoms with Crippen LogP contribution in [0.3, 0.4) is 0 Å². The molecule has 6 atom stereocenters. The summed E-state index contributed by atoms with van der Waals surface area (Å²) in [6.45, 7) is 3.06. The summed E-state index contributed by atoms with van der Waals surface area (Å²) in [6, 6.07) is 0. The molecule has 0 aromatic rings.